The van der Waals surface area contributed by atoms with Crippen LogP contribution in [-0.4, -0.2) is 65.2 Å². The van der Waals surface area contributed by atoms with E-state index in [1.807, 2.05) is 6.07 Å². The average Bonchev–Trinajstić information content (AvgIpc) is 3.32. The Morgan fingerprint density at radius 3 is 2.77 bits per heavy atom. The first-order chi connectivity index (χ1) is 21.5. The molecule has 3 aromatic heterocycles. The number of aromatic nitrogens is 3. The van der Waals surface area contributed by atoms with E-state index in [1.165, 1.54) is 18.3 Å². The monoisotopic (exact) mass is 595 g/mol. The number of rotatable bonds is 9. The van der Waals surface area contributed by atoms with Gasteiger partial charge in [0.1, 0.15) is 17.9 Å². The van der Waals surface area contributed by atoms with Crippen molar-refractivity contribution in [1.29, 1.82) is 0 Å². The van der Waals surface area contributed by atoms with Crippen molar-refractivity contribution in [2.24, 2.45) is 0 Å². The predicted octanol–water partition coefficient (Wildman–Crippen LogP) is 5.27. The van der Waals surface area contributed by atoms with E-state index in [0.29, 0.717) is 40.3 Å². The molecule has 224 valence electrons. The lowest BCUT2D eigenvalue weighted by Gasteiger charge is -2.18. The summed E-state index contributed by atoms with van der Waals surface area (Å²) in [6, 6.07) is 16.4. The molecule has 0 aliphatic carbocycles. The molecule has 0 atom stereocenters. The van der Waals surface area contributed by atoms with E-state index < -0.39 is 17.2 Å². The lowest BCUT2D eigenvalue weighted by Crippen LogP contribution is -2.30. The number of carbonyl (C=O) groups is 1. The molecule has 11 heteroatoms. The highest BCUT2D eigenvalue weighted by molar-refractivity contribution is 6.04. The number of fused-ring (bicyclic) bond motifs is 1. The Balaban J connectivity index is 1.12. The number of halogens is 1. The Kier molecular flexibility index (Phi) is 8.85. The first-order valence-electron chi connectivity index (χ1n) is 14.3. The minimum absolute atomic E-state index is 0.0545. The van der Waals surface area contributed by atoms with E-state index in [-0.39, 0.29) is 17.0 Å². The summed E-state index contributed by atoms with van der Waals surface area (Å²) in [6.45, 7) is 4.62. The summed E-state index contributed by atoms with van der Waals surface area (Å²) in [4.78, 5) is 39.8. The molecule has 5 aromatic rings. The van der Waals surface area contributed by atoms with Crippen LogP contribution in [0.4, 0.5) is 10.1 Å². The topological polar surface area (TPSA) is 119 Å². The van der Waals surface area contributed by atoms with Crippen LogP contribution in [0.2, 0.25) is 0 Å². The Bertz CT molecular complexity index is 1820. The molecule has 10 nitrogen and oxygen atoms in total. The number of hydrogen-bond donors (Lipinski definition) is 2. The second kappa shape index (κ2) is 13.4. The zero-order valence-corrected chi connectivity index (χ0v) is 23.8. The second-order valence-corrected chi connectivity index (χ2v) is 10.2. The lowest BCUT2D eigenvalue weighted by molar-refractivity contribution is 0.102. The van der Waals surface area contributed by atoms with Gasteiger partial charge in [0.25, 0.3) is 5.91 Å². The molecular formula is C33H30FN5O5. The van der Waals surface area contributed by atoms with Gasteiger partial charge >= 0.3 is 0 Å². The third-order valence-corrected chi connectivity index (χ3v) is 7.22. The molecule has 1 saturated heterocycles. The number of pyridine rings is 3. The van der Waals surface area contributed by atoms with Crippen molar-refractivity contribution in [2.45, 2.75) is 6.42 Å². The van der Waals surface area contributed by atoms with Crippen LogP contribution < -0.4 is 20.2 Å². The molecule has 1 aliphatic heterocycles. The maximum Gasteiger partial charge on any atom is 0.261 e. The quantitative estimate of drug-likeness (QED) is 0.237. The Labute approximate surface area is 252 Å². The van der Waals surface area contributed by atoms with Crippen LogP contribution in [0.3, 0.4) is 0 Å². The van der Waals surface area contributed by atoms with Gasteiger partial charge in [0.2, 0.25) is 11.3 Å². The van der Waals surface area contributed by atoms with Crippen molar-refractivity contribution in [2.75, 3.05) is 44.8 Å². The van der Waals surface area contributed by atoms with Gasteiger partial charge in [-0.1, -0.05) is 30.3 Å². The first-order valence-corrected chi connectivity index (χ1v) is 14.3. The summed E-state index contributed by atoms with van der Waals surface area (Å²) in [7, 11) is 0. The van der Waals surface area contributed by atoms with Crippen LogP contribution in [0, 0.1) is 5.82 Å². The third-order valence-electron chi connectivity index (χ3n) is 7.22. The van der Waals surface area contributed by atoms with Crippen molar-refractivity contribution in [3.05, 3.63) is 107 Å². The number of hydrogen-bond acceptors (Lipinski definition) is 8. The molecule has 44 heavy (non-hydrogen) atoms. The van der Waals surface area contributed by atoms with Gasteiger partial charge in [-0.05, 0) is 30.2 Å². The molecular weight excluding hydrogens is 565 g/mol. The minimum atomic E-state index is -0.702. The molecule has 2 aromatic carbocycles. The van der Waals surface area contributed by atoms with Crippen LogP contribution in [0.1, 0.15) is 16.8 Å². The number of anilines is 1. The zero-order chi connectivity index (χ0) is 30.3. The highest BCUT2D eigenvalue weighted by atomic mass is 19.1. The van der Waals surface area contributed by atoms with Gasteiger partial charge in [-0.2, -0.15) is 0 Å². The number of aromatic amines is 1. The van der Waals surface area contributed by atoms with Gasteiger partial charge in [0, 0.05) is 74.4 Å². The summed E-state index contributed by atoms with van der Waals surface area (Å²) in [5.41, 5.74) is 1.25. The largest absolute Gasteiger partial charge is 0.476 e. The van der Waals surface area contributed by atoms with Gasteiger partial charge in [-0.15, -0.1) is 0 Å². The van der Waals surface area contributed by atoms with Crippen LogP contribution in [0.25, 0.3) is 22.0 Å². The Morgan fingerprint density at radius 2 is 1.91 bits per heavy atom. The lowest BCUT2D eigenvalue weighted by atomic mass is 10.1. The maximum atomic E-state index is 15.1. The molecule has 6 rings (SSSR count). The number of amides is 1. The standard InChI is InChI=1S/C33H30FN5O5/c34-27-17-23(38-33(41)26-20-35-19-24(32(26)40)22-5-2-1-3-6-22)7-8-30(27)44-29-9-10-36-28-18-31(37-21-25(28)29)43-16-13-39-11-4-14-42-15-12-39/h1-3,5-10,17-21H,4,11-16H2,(H,35,40)(H,38,41). The van der Waals surface area contributed by atoms with Crippen molar-refractivity contribution in [3.63, 3.8) is 0 Å². The molecule has 0 spiro atoms. The fourth-order valence-electron chi connectivity index (χ4n) is 4.93. The highest BCUT2D eigenvalue weighted by Gasteiger charge is 2.17. The fraction of sp³-hybridized carbons (Fsp3) is 0.212. The molecule has 4 heterocycles. The number of carbonyl (C=O) groups excluding carboxylic acids is 1. The number of H-pyrrole nitrogens is 1. The number of nitrogens with one attached hydrogen (secondary N) is 2. The van der Waals surface area contributed by atoms with Crippen LogP contribution in [-0.2, 0) is 4.74 Å². The molecule has 0 radical (unpaired) electrons. The summed E-state index contributed by atoms with van der Waals surface area (Å²) in [6.07, 6.45) is 7.01. The van der Waals surface area contributed by atoms with Gasteiger partial charge in [0.05, 0.1) is 17.5 Å². The Morgan fingerprint density at radius 1 is 1.02 bits per heavy atom. The molecule has 1 amide bonds. The van der Waals surface area contributed by atoms with E-state index in [2.05, 4.69) is 25.2 Å². The SMILES string of the molecule is O=C(Nc1ccc(Oc2ccnc3cc(OCCN4CCCOCC4)ncc23)c(F)c1)c1c[nH]cc(-c2ccccc2)c1=O. The summed E-state index contributed by atoms with van der Waals surface area (Å²) in [5, 5.41) is 3.17. The van der Waals surface area contributed by atoms with E-state index in [0.717, 1.165) is 45.3 Å². The smallest absolute Gasteiger partial charge is 0.261 e. The van der Waals surface area contributed by atoms with E-state index in [4.69, 9.17) is 14.2 Å². The van der Waals surface area contributed by atoms with E-state index in [9.17, 15) is 9.59 Å². The van der Waals surface area contributed by atoms with Gasteiger partial charge in [-0.25, -0.2) is 9.37 Å². The van der Waals surface area contributed by atoms with Gasteiger partial charge in [-0.3, -0.25) is 19.5 Å². The van der Waals surface area contributed by atoms with Crippen molar-refractivity contribution in [3.8, 4) is 28.5 Å². The van der Waals surface area contributed by atoms with Gasteiger partial charge in [0.15, 0.2) is 11.6 Å². The van der Waals surface area contributed by atoms with Crippen molar-refractivity contribution >= 4 is 22.5 Å². The molecule has 0 unspecified atom stereocenters. The number of nitrogens with zero attached hydrogens (tertiary/aromatic N) is 3. The predicted molar refractivity (Wildman–Crippen MR) is 164 cm³/mol. The maximum absolute atomic E-state index is 15.1. The van der Waals surface area contributed by atoms with Gasteiger partial charge < -0.3 is 24.5 Å². The number of benzene rings is 2. The van der Waals surface area contributed by atoms with Crippen LogP contribution in [0.15, 0.2) is 90.2 Å². The van der Waals surface area contributed by atoms with Crippen molar-refractivity contribution < 1.29 is 23.4 Å². The van der Waals surface area contributed by atoms with Crippen molar-refractivity contribution in [1.82, 2.24) is 19.9 Å². The van der Waals surface area contributed by atoms with E-state index in [1.54, 1.807) is 55.0 Å². The molecule has 1 fully saturated rings. The highest BCUT2D eigenvalue weighted by Crippen LogP contribution is 2.32. The molecule has 2 N–H and O–H groups in total. The first kappa shape index (κ1) is 29.0. The molecule has 0 bridgehead atoms. The summed E-state index contributed by atoms with van der Waals surface area (Å²) >= 11 is 0. The fourth-order valence-corrected chi connectivity index (χ4v) is 4.93. The molecule has 0 saturated carbocycles. The zero-order valence-electron chi connectivity index (χ0n) is 23.8. The average molecular weight is 596 g/mol. The third kappa shape index (κ3) is 6.74. The van der Waals surface area contributed by atoms with Crippen LogP contribution in [0.5, 0.6) is 17.4 Å². The second-order valence-electron chi connectivity index (χ2n) is 10.2. The summed E-state index contributed by atoms with van der Waals surface area (Å²) < 4.78 is 32.4. The minimum Gasteiger partial charge on any atom is -0.476 e. The normalized spacial score (nSPS) is 13.8. The summed E-state index contributed by atoms with van der Waals surface area (Å²) in [5.74, 6) is -0.624. The van der Waals surface area contributed by atoms with Crippen LogP contribution >= 0.6 is 0 Å². The Hall–Kier alpha value is -5.13. The number of ether oxygens (including phenoxy) is 3. The molecule has 1 aliphatic rings. The van der Waals surface area contributed by atoms with E-state index >= 15 is 4.39 Å².